The third-order valence-corrected chi connectivity index (χ3v) is 6.37. The van der Waals surface area contributed by atoms with Crippen molar-refractivity contribution in [1.29, 1.82) is 0 Å². The molecule has 2 aromatic rings. The van der Waals surface area contributed by atoms with E-state index in [-0.39, 0.29) is 22.1 Å². The lowest BCUT2D eigenvalue weighted by Gasteiger charge is -2.19. The molecule has 0 aliphatic heterocycles. The number of nitrogens with zero attached hydrogens (tertiary/aromatic N) is 1. The van der Waals surface area contributed by atoms with Gasteiger partial charge in [0, 0.05) is 13.1 Å². The molecule has 0 unspecified atom stereocenters. The second kappa shape index (κ2) is 8.66. The highest BCUT2D eigenvalue weighted by molar-refractivity contribution is 7.89. The normalized spacial score (nSPS) is 11.6. The quantitative estimate of drug-likeness (QED) is 0.664. The van der Waals surface area contributed by atoms with Gasteiger partial charge in [-0.15, -0.1) is 0 Å². The summed E-state index contributed by atoms with van der Waals surface area (Å²) in [5.74, 6) is -0.660. The van der Waals surface area contributed by atoms with Crippen LogP contribution >= 0.6 is 11.6 Å². The van der Waals surface area contributed by atoms with Crippen molar-refractivity contribution in [3.05, 3.63) is 64.2 Å². The summed E-state index contributed by atoms with van der Waals surface area (Å²) in [6, 6.07) is 11.7. The van der Waals surface area contributed by atoms with E-state index in [0.29, 0.717) is 13.1 Å². The molecule has 0 amide bonds. The fraction of sp³-hybridized carbons (Fsp3) is 0.316. The second-order valence-electron chi connectivity index (χ2n) is 5.79. The number of carbonyl (C=O) groups excluding carboxylic acids is 1. The molecule has 2 rings (SSSR count). The summed E-state index contributed by atoms with van der Waals surface area (Å²) in [5, 5.41) is 0.150. The summed E-state index contributed by atoms with van der Waals surface area (Å²) < 4.78 is 31.8. The Balaban J connectivity index is 2.23. The summed E-state index contributed by atoms with van der Waals surface area (Å²) >= 11 is 6.08. The van der Waals surface area contributed by atoms with Crippen LogP contribution in [0.25, 0.3) is 0 Å². The highest BCUT2D eigenvalue weighted by atomic mass is 35.5. The van der Waals surface area contributed by atoms with Crippen LogP contribution in [0.1, 0.15) is 35.3 Å². The summed E-state index contributed by atoms with van der Waals surface area (Å²) in [5.41, 5.74) is 1.98. The van der Waals surface area contributed by atoms with Crippen LogP contribution in [0.4, 0.5) is 0 Å². The van der Waals surface area contributed by atoms with Gasteiger partial charge in [0.05, 0.1) is 15.5 Å². The average Bonchev–Trinajstić information content (AvgIpc) is 2.62. The van der Waals surface area contributed by atoms with Crippen molar-refractivity contribution < 1.29 is 17.9 Å². The van der Waals surface area contributed by atoms with Gasteiger partial charge in [-0.2, -0.15) is 4.31 Å². The minimum Gasteiger partial charge on any atom is -0.457 e. The number of aryl methyl sites for hydroxylation is 1. The Labute approximate surface area is 159 Å². The first-order valence-electron chi connectivity index (χ1n) is 8.32. The molecule has 140 valence electrons. The monoisotopic (exact) mass is 395 g/mol. The summed E-state index contributed by atoms with van der Waals surface area (Å²) in [6.07, 6.45) is 0. The van der Waals surface area contributed by atoms with Crippen molar-refractivity contribution in [2.75, 3.05) is 13.1 Å². The highest BCUT2D eigenvalue weighted by Gasteiger charge is 2.24. The van der Waals surface area contributed by atoms with Crippen LogP contribution in [0.3, 0.4) is 0 Å². The van der Waals surface area contributed by atoms with Crippen molar-refractivity contribution in [2.24, 2.45) is 0 Å². The molecule has 0 heterocycles. The molecular weight excluding hydrogens is 374 g/mol. The van der Waals surface area contributed by atoms with E-state index in [4.69, 9.17) is 16.3 Å². The molecule has 26 heavy (non-hydrogen) atoms. The molecule has 0 N–H and O–H groups in total. The number of sulfonamides is 1. The van der Waals surface area contributed by atoms with Gasteiger partial charge >= 0.3 is 5.97 Å². The predicted octanol–water partition coefficient (Wildman–Crippen LogP) is 4.04. The van der Waals surface area contributed by atoms with E-state index < -0.39 is 16.0 Å². The molecule has 0 atom stereocenters. The maximum absolute atomic E-state index is 12.6. The van der Waals surface area contributed by atoms with Crippen LogP contribution in [0, 0.1) is 6.92 Å². The number of benzene rings is 2. The Morgan fingerprint density at radius 1 is 1.08 bits per heavy atom. The van der Waals surface area contributed by atoms with Crippen LogP contribution in [0.15, 0.2) is 47.4 Å². The average molecular weight is 396 g/mol. The highest BCUT2D eigenvalue weighted by Crippen LogP contribution is 2.24. The van der Waals surface area contributed by atoms with Gasteiger partial charge in [0.15, 0.2) is 0 Å². The van der Waals surface area contributed by atoms with Gasteiger partial charge in [-0.3, -0.25) is 0 Å². The lowest BCUT2D eigenvalue weighted by Crippen LogP contribution is -2.30. The van der Waals surface area contributed by atoms with Gasteiger partial charge in [-0.25, -0.2) is 13.2 Å². The first-order valence-corrected chi connectivity index (χ1v) is 10.1. The van der Waals surface area contributed by atoms with Crippen molar-refractivity contribution >= 4 is 27.6 Å². The molecule has 0 bridgehead atoms. The van der Waals surface area contributed by atoms with Crippen LogP contribution in [-0.4, -0.2) is 31.8 Å². The lowest BCUT2D eigenvalue weighted by molar-refractivity contribution is 0.0472. The van der Waals surface area contributed by atoms with E-state index in [1.165, 1.54) is 22.5 Å². The Morgan fingerprint density at radius 2 is 1.69 bits per heavy atom. The molecule has 5 nitrogen and oxygen atoms in total. The topological polar surface area (TPSA) is 63.7 Å². The zero-order chi connectivity index (χ0) is 19.3. The molecule has 0 saturated heterocycles. The molecule has 0 aliphatic rings. The molecular formula is C19H22ClNO4S. The molecule has 0 spiro atoms. The number of hydrogen-bond donors (Lipinski definition) is 0. The lowest BCUT2D eigenvalue weighted by atomic mass is 10.2. The smallest absolute Gasteiger partial charge is 0.340 e. The Hall–Kier alpha value is -1.89. The number of esters is 1. The Morgan fingerprint density at radius 3 is 2.27 bits per heavy atom. The van der Waals surface area contributed by atoms with Crippen molar-refractivity contribution in [3.8, 4) is 0 Å². The second-order valence-corrected chi connectivity index (χ2v) is 8.14. The predicted molar refractivity (Wildman–Crippen MR) is 102 cm³/mol. The standard InChI is InChI=1S/C19H22ClNO4S/c1-4-21(5-2)26(23,24)16-10-11-18(20)17(12-16)19(22)25-13-15-8-6-14(3)7-9-15/h6-12H,4-5,13H2,1-3H3. The van der Waals surface area contributed by atoms with E-state index in [1.54, 1.807) is 13.8 Å². The van der Waals surface area contributed by atoms with E-state index in [1.807, 2.05) is 31.2 Å². The number of halogens is 1. The van der Waals surface area contributed by atoms with E-state index in [2.05, 4.69) is 0 Å². The SMILES string of the molecule is CCN(CC)S(=O)(=O)c1ccc(Cl)c(C(=O)OCc2ccc(C)cc2)c1. The van der Waals surface area contributed by atoms with Gasteiger partial charge < -0.3 is 4.74 Å². The van der Waals surface area contributed by atoms with E-state index >= 15 is 0 Å². The van der Waals surface area contributed by atoms with Gasteiger partial charge in [-0.1, -0.05) is 55.3 Å². The zero-order valence-corrected chi connectivity index (χ0v) is 16.6. The van der Waals surface area contributed by atoms with Crippen LogP contribution < -0.4 is 0 Å². The van der Waals surface area contributed by atoms with Crippen LogP contribution in [0.5, 0.6) is 0 Å². The van der Waals surface area contributed by atoms with Crippen molar-refractivity contribution in [3.63, 3.8) is 0 Å². The summed E-state index contributed by atoms with van der Waals surface area (Å²) in [4.78, 5) is 12.4. The maximum atomic E-state index is 12.6. The first-order chi connectivity index (χ1) is 12.3. The number of ether oxygens (including phenoxy) is 1. The number of hydrogen-bond acceptors (Lipinski definition) is 4. The minimum atomic E-state index is -3.68. The van der Waals surface area contributed by atoms with E-state index in [9.17, 15) is 13.2 Å². The number of rotatable bonds is 7. The molecule has 2 aromatic carbocycles. The molecule has 0 fully saturated rings. The van der Waals surface area contributed by atoms with E-state index in [0.717, 1.165) is 11.1 Å². The summed E-state index contributed by atoms with van der Waals surface area (Å²) in [7, 11) is -3.68. The third-order valence-electron chi connectivity index (χ3n) is 3.99. The fourth-order valence-electron chi connectivity index (χ4n) is 2.44. The molecule has 0 radical (unpaired) electrons. The first kappa shape index (κ1) is 20.4. The Bertz CT molecular complexity index is 875. The molecule has 0 aliphatic carbocycles. The Kier molecular flexibility index (Phi) is 6.81. The van der Waals surface area contributed by atoms with Gasteiger partial charge in [0.2, 0.25) is 10.0 Å². The molecule has 0 saturated carbocycles. The molecule has 7 heteroatoms. The van der Waals surface area contributed by atoms with Crippen LogP contribution in [0.2, 0.25) is 5.02 Å². The van der Waals surface area contributed by atoms with Crippen molar-refractivity contribution in [2.45, 2.75) is 32.3 Å². The fourth-order valence-corrected chi connectivity index (χ4v) is 4.12. The van der Waals surface area contributed by atoms with Gasteiger partial charge in [0.25, 0.3) is 0 Å². The maximum Gasteiger partial charge on any atom is 0.340 e. The third kappa shape index (κ3) is 4.63. The van der Waals surface area contributed by atoms with Crippen LogP contribution in [-0.2, 0) is 21.4 Å². The number of carbonyl (C=O) groups is 1. The summed E-state index contributed by atoms with van der Waals surface area (Å²) in [6.45, 7) is 6.25. The molecule has 0 aromatic heterocycles. The van der Waals surface area contributed by atoms with Gasteiger partial charge in [0.1, 0.15) is 6.61 Å². The van der Waals surface area contributed by atoms with Gasteiger partial charge in [-0.05, 0) is 30.7 Å². The minimum absolute atomic E-state index is 0.0212. The largest absolute Gasteiger partial charge is 0.457 e. The zero-order valence-electron chi connectivity index (χ0n) is 15.0. The van der Waals surface area contributed by atoms with Crippen molar-refractivity contribution in [1.82, 2.24) is 4.31 Å².